The number of esters is 1. The van der Waals surface area contributed by atoms with Gasteiger partial charge in [-0.1, -0.05) is 72.8 Å². The van der Waals surface area contributed by atoms with E-state index in [1.807, 2.05) is 12.1 Å². The fraction of sp³-hybridized carbons (Fsp3) is 0.0870. The largest absolute Gasteiger partial charge is 0.465 e. The minimum atomic E-state index is -1.89. The lowest BCUT2D eigenvalue weighted by Crippen LogP contribution is -2.43. The molecule has 3 aromatic carbocycles. The van der Waals surface area contributed by atoms with E-state index in [1.54, 1.807) is 72.8 Å². The molecule has 29 heavy (non-hydrogen) atoms. The lowest BCUT2D eigenvalue weighted by molar-refractivity contribution is -0.136. The molecule has 3 rings (SSSR count). The van der Waals surface area contributed by atoms with Crippen molar-refractivity contribution in [3.63, 3.8) is 0 Å². The van der Waals surface area contributed by atoms with Gasteiger partial charge in [0.05, 0.1) is 18.9 Å². The molecule has 2 N–H and O–H groups in total. The third-order valence-corrected chi connectivity index (χ3v) is 4.42. The summed E-state index contributed by atoms with van der Waals surface area (Å²) < 4.78 is 4.65. The molecular formula is C23H20N2O4. The summed E-state index contributed by atoms with van der Waals surface area (Å²) in [6.45, 7) is 0. The van der Waals surface area contributed by atoms with Crippen LogP contribution in [0.4, 0.5) is 0 Å². The molecule has 0 aliphatic carbocycles. The Morgan fingerprint density at radius 2 is 1.41 bits per heavy atom. The standard InChI is InChI=1S/C23H20N2O4/c1-29-21(26)18-14-12-17(13-15-18)16-24-25-22(27)23(28,19-8-4-2-5-9-19)20-10-6-3-7-11-20/h2-16,28H,1H3,(H,25,27)/b24-16-. The van der Waals surface area contributed by atoms with E-state index in [4.69, 9.17) is 0 Å². The highest BCUT2D eigenvalue weighted by atomic mass is 16.5. The summed E-state index contributed by atoms with van der Waals surface area (Å²) in [6, 6.07) is 23.9. The van der Waals surface area contributed by atoms with Gasteiger partial charge in [-0.3, -0.25) is 4.79 Å². The van der Waals surface area contributed by atoms with Gasteiger partial charge in [-0.2, -0.15) is 5.10 Å². The number of rotatable bonds is 6. The van der Waals surface area contributed by atoms with Gasteiger partial charge in [-0.25, -0.2) is 10.2 Å². The quantitative estimate of drug-likeness (QED) is 0.386. The summed E-state index contributed by atoms with van der Waals surface area (Å²) >= 11 is 0. The van der Waals surface area contributed by atoms with Crippen LogP contribution in [0.25, 0.3) is 0 Å². The van der Waals surface area contributed by atoms with Crippen molar-refractivity contribution in [3.8, 4) is 0 Å². The zero-order valence-electron chi connectivity index (χ0n) is 15.8. The Morgan fingerprint density at radius 3 is 1.90 bits per heavy atom. The Balaban J connectivity index is 1.81. The fourth-order valence-corrected chi connectivity index (χ4v) is 2.86. The van der Waals surface area contributed by atoms with Gasteiger partial charge in [0.25, 0.3) is 5.91 Å². The van der Waals surface area contributed by atoms with E-state index in [0.717, 1.165) is 0 Å². The summed E-state index contributed by atoms with van der Waals surface area (Å²) in [6.07, 6.45) is 1.43. The number of amides is 1. The molecule has 6 heteroatoms. The maximum Gasteiger partial charge on any atom is 0.337 e. The molecule has 146 valence electrons. The molecule has 0 spiro atoms. The van der Waals surface area contributed by atoms with Crippen molar-refractivity contribution < 1.29 is 19.4 Å². The summed E-state index contributed by atoms with van der Waals surface area (Å²) in [5, 5.41) is 15.3. The zero-order chi connectivity index (χ0) is 20.7. The first kappa shape index (κ1) is 20.0. The highest BCUT2D eigenvalue weighted by molar-refractivity contribution is 5.92. The number of nitrogens with one attached hydrogen (secondary N) is 1. The van der Waals surface area contributed by atoms with E-state index in [2.05, 4.69) is 15.3 Å². The highest BCUT2D eigenvalue weighted by Crippen LogP contribution is 2.29. The van der Waals surface area contributed by atoms with Crippen molar-refractivity contribution in [2.24, 2.45) is 5.10 Å². The normalized spacial score (nSPS) is 11.2. The first-order chi connectivity index (χ1) is 14.1. The van der Waals surface area contributed by atoms with Crippen LogP contribution >= 0.6 is 0 Å². The van der Waals surface area contributed by atoms with E-state index in [9.17, 15) is 14.7 Å². The molecule has 0 aliphatic heterocycles. The lowest BCUT2D eigenvalue weighted by atomic mass is 9.85. The Morgan fingerprint density at radius 1 is 0.897 bits per heavy atom. The number of aliphatic hydroxyl groups is 1. The van der Waals surface area contributed by atoms with E-state index in [1.165, 1.54) is 13.3 Å². The molecular weight excluding hydrogens is 368 g/mol. The van der Waals surface area contributed by atoms with Gasteiger partial charge in [-0.05, 0) is 28.8 Å². The third kappa shape index (κ3) is 4.39. The predicted molar refractivity (Wildman–Crippen MR) is 109 cm³/mol. The van der Waals surface area contributed by atoms with Crippen LogP contribution in [0.5, 0.6) is 0 Å². The molecule has 0 aliphatic rings. The number of carbonyl (C=O) groups is 2. The number of hydrogen-bond acceptors (Lipinski definition) is 5. The monoisotopic (exact) mass is 388 g/mol. The second kappa shape index (κ2) is 8.95. The van der Waals surface area contributed by atoms with Gasteiger partial charge in [0.1, 0.15) is 0 Å². The number of benzene rings is 3. The van der Waals surface area contributed by atoms with Crippen molar-refractivity contribution >= 4 is 18.1 Å². The van der Waals surface area contributed by atoms with Crippen LogP contribution in [0.1, 0.15) is 27.0 Å². The van der Waals surface area contributed by atoms with Crippen molar-refractivity contribution in [3.05, 3.63) is 107 Å². The summed E-state index contributed by atoms with van der Waals surface area (Å²) in [5.74, 6) is -1.12. The number of methoxy groups -OCH3 is 1. The van der Waals surface area contributed by atoms with Crippen molar-refractivity contribution in [1.29, 1.82) is 0 Å². The smallest absolute Gasteiger partial charge is 0.337 e. The molecule has 3 aromatic rings. The zero-order valence-corrected chi connectivity index (χ0v) is 15.8. The molecule has 0 heterocycles. The number of hydrazone groups is 1. The molecule has 0 atom stereocenters. The maximum atomic E-state index is 12.9. The van der Waals surface area contributed by atoms with Crippen LogP contribution in [0.2, 0.25) is 0 Å². The minimum absolute atomic E-state index is 0.413. The van der Waals surface area contributed by atoms with Crippen molar-refractivity contribution in [1.82, 2.24) is 5.43 Å². The first-order valence-electron chi connectivity index (χ1n) is 8.91. The van der Waals surface area contributed by atoms with Gasteiger partial charge >= 0.3 is 5.97 Å². The van der Waals surface area contributed by atoms with E-state index in [0.29, 0.717) is 22.3 Å². The number of carbonyl (C=O) groups excluding carboxylic acids is 2. The van der Waals surface area contributed by atoms with Crippen LogP contribution < -0.4 is 5.43 Å². The molecule has 0 saturated carbocycles. The van der Waals surface area contributed by atoms with Crippen LogP contribution in [-0.2, 0) is 15.1 Å². The highest BCUT2D eigenvalue weighted by Gasteiger charge is 2.39. The lowest BCUT2D eigenvalue weighted by Gasteiger charge is -2.27. The number of ether oxygens (including phenoxy) is 1. The van der Waals surface area contributed by atoms with Gasteiger partial charge < -0.3 is 9.84 Å². The first-order valence-corrected chi connectivity index (χ1v) is 8.91. The van der Waals surface area contributed by atoms with E-state index < -0.39 is 17.5 Å². The Hall–Kier alpha value is -3.77. The molecule has 1 amide bonds. The van der Waals surface area contributed by atoms with Crippen LogP contribution in [-0.4, -0.2) is 30.3 Å². The molecule has 0 bridgehead atoms. The molecule has 0 saturated heterocycles. The second-order valence-electron chi connectivity index (χ2n) is 6.26. The number of nitrogens with zero attached hydrogens (tertiary/aromatic N) is 1. The van der Waals surface area contributed by atoms with Gasteiger partial charge in [0, 0.05) is 0 Å². The average Bonchev–Trinajstić information content (AvgIpc) is 2.79. The summed E-state index contributed by atoms with van der Waals surface area (Å²) in [4.78, 5) is 24.4. The van der Waals surface area contributed by atoms with Gasteiger partial charge in [0.15, 0.2) is 5.60 Å². The Kier molecular flexibility index (Phi) is 6.16. The molecule has 0 unspecified atom stereocenters. The predicted octanol–water partition coefficient (Wildman–Crippen LogP) is 2.86. The van der Waals surface area contributed by atoms with Gasteiger partial charge in [-0.15, -0.1) is 0 Å². The molecule has 0 fully saturated rings. The van der Waals surface area contributed by atoms with Crippen molar-refractivity contribution in [2.45, 2.75) is 5.60 Å². The van der Waals surface area contributed by atoms with E-state index >= 15 is 0 Å². The van der Waals surface area contributed by atoms with Crippen LogP contribution in [0, 0.1) is 0 Å². The molecule has 0 aromatic heterocycles. The Labute approximate surface area is 168 Å². The molecule has 6 nitrogen and oxygen atoms in total. The van der Waals surface area contributed by atoms with E-state index in [-0.39, 0.29) is 0 Å². The topological polar surface area (TPSA) is 88.0 Å². The summed E-state index contributed by atoms with van der Waals surface area (Å²) in [5.41, 5.74) is 2.46. The van der Waals surface area contributed by atoms with Crippen LogP contribution in [0.15, 0.2) is 90.0 Å². The maximum absolute atomic E-state index is 12.9. The Bertz CT molecular complexity index is 961. The fourth-order valence-electron chi connectivity index (χ4n) is 2.86. The SMILES string of the molecule is COC(=O)c1ccc(/C=N\NC(=O)C(O)(c2ccccc2)c2ccccc2)cc1. The van der Waals surface area contributed by atoms with Crippen LogP contribution in [0.3, 0.4) is 0 Å². The third-order valence-electron chi connectivity index (χ3n) is 4.42. The van der Waals surface area contributed by atoms with Crippen molar-refractivity contribution in [2.75, 3.05) is 7.11 Å². The second-order valence-corrected chi connectivity index (χ2v) is 6.26. The molecule has 0 radical (unpaired) electrons. The number of hydrogen-bond donors (Lipinski definition) is 2. The average molecular weight is 388 g/mol. The summed E-state index contributed by atoms with van der Waals surface area (Å²) in [7, 11) is 1.31. The van der Waals surface area contributed by atoms with Gasteiger partial charge in [0.2, 0.25) is 0 Å². The minimum Gasteiger partial charge on any atom is -0.465 e.